The van der Waals surface area contributed by atoms with Crippen molar-refractivity contribution in [3.63, 3.8) is 0 Å². The lowest BCUT2D eigenvalue weighted by atomic mass is 9.78. The van der Waals surface area contributed by atoms with Gasteiger partial charge in [0.25, 0.3) is 0 Å². The van der Waals surface area contributed by atoms with Crippen LogP contribution in [0.15, 0.2) is 36.4 Å². The molecular weight excluding hydrogens is 436 g/mol. The first-order valence-electron chi connectivity index (χ1n) is 12.9. The zero-order valence-electron chi connectivity index (χ0n) is 22.8. The monoisotopic (exact) mass is 480 g/mol. The molecule has 0 atom stereocenters. The lowest BCUT2D eigenvalue weighted by molar-refractivity contribution is 0.0600. The van der Waals surface area contributed by atoms with Crippen molar-refractivity contribution >= 4 is 5.97 Å². The van der Waals surface area contributed by atoms with Gasteiger partial charge >= 0.3 is 5.97 Å². The van der Waals surface area contributed by atoms with Crippen LogP contribution in [0.5, 0.6) is 5.75 Å². The third-order valence-electron chi connectivity index (χ3n) is 7.06. The Kier molecular flexibility index (Phi) is 8.66. The topological polar surface area (TPSA) is 53.0 Å². The highest BCUT2D eigenvalue weighted by atomic mass is 16.5. The first-order chi connectivity index (χ1) is 16.4. The van der Waals surface area contributed by atoms with E-state index in [-0.39, 0.29) is 16.8 Å². The van der Waals surface area contributed by atoms with E-state index < -0.39 is 0 Å². The number of aromatic hydroxyl groups is 1. The number of phenols is 1. The summed E-state index contributed by atoms with van der Waals surface area (Å²) in [4.78, 5) is 16.7. The Morgan fingerprint density at radius 3 is 1.63 bits per heavy atom. The molecule has 1 heterocycles. The molecule has 5 heteroatoms. The fourth-order valence-electron chi connectivity index (χ4n) is 4.72. The molecule has 2 aromatic rings. The lowest BCUT2D eigenvalue weighted by Crippen LogP contribution is -2.47. The predicted octanol–water partition coefficient (Wildman–Crippen LogP) is 5.18. The van der Waals surface area contributed by atoms with Crippen molar-refractivity contribution in [3.05, 3.63) is 64.2 Å². The molecular formula is C30H44N2O3. The van der Waals surface area contributed by atoms with E-state index in [2.05, 4.69) is 63.5 Å². The Labute approximate surface area is 212 Å². The minimum absolute atomic E-state index is 0.0919. The van der Waals surface area contributed by atoms with E-state index in [1.165, 1.54) is 18.2 Å². The number of nitrogens with zero attached hydrogens (tertiary/aromatic N) is 2. The molecule has 0 aliphatic carbocycles. The number of piperazine rings is 1. The summed E-state index contributed by atoms with van der Waals surface area (Å²) in [6.07, 6.45) is 1.99. The van der Waals surface area contributed by atoms with Crippen molar-refractivity contribution in [2.24, 2.45) is 0 Å². The molecule has 1 aliphatic heterocycles. The van der Waals surface area contributed by atoms with Crippen LogP contribution >= 0.6 is 0 Å². The van der Waals surface area contributed by atoms with Crippen molar-refractivity contribution in [1.82, 2.24) is 9.80 Å². The van der Waals surface area contributed by atoms with Crippen LogP contribution in [-0.4, -0.2) is 67.3 Å². The maximum Gasteiger partial charge on any atom is 0.337 e. The Balaban J connectivity index is 1.52. The van der Waals surface area contributed by atoms with E-state index in [0.717, 1.165) is 63.2 Å². The first kappa shape index (κ1) is 27.2. The zero-order valence-corrected chi connectivity index (χ0v) is 22.8. The molecule has 3 rings (SSSR count). The van der Waals surface area contributed by atoms with Gasteiger partial charge in [-0.2, -0.15) is 0 Å². The number of esters is 1. The van der Waals surface area contributed by atoms with E-state index in [9.17, 15) is 9.90 Å². The first-order valence-corrected chi connectivity index (χ1v) is 12.9. The third kappa shape index (κ3) is 7.31. The smallest absolute Gasteiger partial charge is 0.337 e. The zero-order chi connectivity index (χ0) is 25.8. The molecule has 0 aromatic heterocycles. The average molecular weight is 481 g/mol. The SMILES string of the molecule is COC(=O)c1ccc(CCN2CCN(CCc3cc(C(C)(C)C)c(O)c(C(C)(C)C)c3)CC2)cc1. The Hall–Kier alpha value is -2.37. The number of carbonyl (C=O) groups excluding carboxylic acids is 1. The minimum Gasteiger partial charge on any atom is -0.507 e. The van der Waals surface area contributed by atoms with Gasteiger partial charge in [-0.15, -0.1) is 0 Å². The third-order valence-corrected chi connectivity index (χ3v) is 7.06. The highest BCUT2D eigenvalue weighted by Crippen LogP contribution is 2.39. The highest BCUT2D eigenvalue weighted by molar-refractivity contribution is 5.89. The van der Waals surface area contributed by atoms with Gasteiger partial charge in [-0.05, 0) is 58.1 Å². The Bertz CT molecular complexity index is 957. The lowest BCUT2D eigenvalue weighted by Gasteiger charge is -2.35. The van der Waals surface area contributed by atoms with Crippen molar-refractivity contribution in [2.45, 2.75) is 65.2 Å². The number of ether oxygens (including phenoxy) is 1. The van der Waals surface area contributed by atoms with Crippen LogP contribution in [0.4, 0.5) is 0 Å². The quantitative estimate of drug-likeness (QED) is 0.554. The van der Waals surface area contributed by atoms with Crippen LogP contribution in [0, 0.1) is 0 Å². The Morgan fingerprint density at radius 1 is 0.800 bits per heavy atom. The summed E-state index contributed by atoms with van der Waals surface area (Å²) in [6, 6.07) is 12.2. The van der Waals surface area contributed by atoms with Gasteiger partial charge in [-0.3, -0.25) is 0 Å². The van der Waals surface area contributed by atoms with Crippen LogP contribution in [-0.2, 0) is 28.4 Å². The van der Waals surface area contributed by atoms with Crippen LogP contribution in [0.3, 0.4) is 0 Å². The van der Waals surface area contributed by atoms with Gasteiger partial charge in [-0.1, -0.05) is 65.8 Å². The number of benzene rings is 2. The van der Waals surface area contributed by atoms with Gasteiger partial charge in [0, 0.05) is 39.3 Å². The van der Waals surface area contributed by atoms with E-state index in [0.29, 0.717) is 11.3 Å². The van der Waals surface area contributed by atoms with Crippen molar-refractivity contribution in [2.75, 3.05) is 46.4 Å². The van der Waals surface area contributed by atoms with Crippen LogP contribution < -0.4 is 0 Å². The molecule has 35 heavy (non-hydrogen) atoms. The molecule has 0 saturated carbocycles. The highest BCUT2D eigenvalue weighted by Gasteiger charge is 2.26. The van der Waals surface area contributed by atoms with Gasteiger partial charge in [0.05, 0.1) is 12.7 Å². The van der Waals surface area contributed by atoms with Crippen LogP contribution in [0.2, 0.25) is 0 Å². The normalized spacial score (nSPS) is 15.9. The van der Waals surface area contributed by atoms with Crippen molar-refractivity contribution < 1.29 is 14.6 Å². The second-order valence-corrected chi connectivity index (χ2v) is 11.9. The van der Waals surface area contributed by atoms with E-state index in [1.807, 2.05) is 24.3 Å². The minimum atomic E-state index is -0.288. The van der Waals surface area contributed by atoms with E-state index in [1.54, 1.807) is 0 Å². The van der Waals surface area contributed by atoms with Gasteiger partial charge in [0.2, 0.25) is 0 Å². The summed E-state index contributed by atoms with van der Waals surface area (Å²) >= 11 is 0. The summed E-state index contributed by atoms with van der Waals surface area (Å²) in [5, 5.41) is 11.0. The number of hydrogen-bond donors (Lipinski definition) is 1. The largest absolute Gasteiger partial charge is 0.507 e. The summed E-state index contributed by atoms with van der Waals surface area (Å²) < 4.78 is 4.77. The summed E-state index contributed by atoms with van der Waals surface area (Å²) in [6.45, 7) is 19.4. The van der Waals surface area contributed by atoms with Crippen LogP contribution in [0.1, 0.15) is 74.2 Å². The standard InChI is InChI=1S/C30H44N2O3/c1-29(2,3)25-20-23(21-26(27(25)33)30(4,5)6)13-15-32-18-16-31(17-19-32)14-12-22-8-10-24(11-9-22)28(34)35-7/h8-11,20-21,33H,12-19H2,1-7H3. The number of carbonyl (C=O) groups is 1. The molecule has 0 unspecified atom stereocenters. The maximum absolute atomic E-state index is 11.6. The average Bonchev–Trinajstić information content (AvgIpc) is 2.81. The fraction of sp³-hybridized carbons (Fsp3) is 0.567. The molecule has 2 aromatic carbocycles. The molecule has 0 spiro atoms. The molecule has 0 amide bonds. The molecule has 0 bridgehead atoms. The fourth-order valence-corrected chi connectivity index (χ4v) is 4.72. The molecule has 1 fully saturated rings. The summed E-state index contributed by atoms with van der Waals surface area (Å²) in [5.74, 6) is 0.173. The molecule has 1 N–H and O–H groups in total. The molecule has 1 saturated heterocycles. The van der Waals surface area contributed by atoms with Crippen molar-refractivity contribution in [1.29, 1.82) is 0 Å². The van der Waals surface area contributed by atoms with E-state index in [4.69, 9.17) is 4.74 Å². The molecule has 5 nitrogen and oxygen atoms in total. The van der Waals surface area contributed by atoms with E-state index >= 15 is 0 Å². The van der Waals surface area contributed by atoms with Crippen molar-refractivity contribution in [3.8, 4) is 5.75 Å². The second-order valence-electron chi connectivity index (χ2n) is 11.9. The summed E-state index contributed by atoms with van der Waals surface area (Å²) in [5.41, 5.74) is 5.07. The van der Waals surface area contributed by atoms with Gasteiger partial charge in [-0.25, -0.2) is 4.79 Å². The predicted molar refractivity (Wildman–Crippen MR) is 144 cm³/mol. The number of phenolic OH excluding ortho intramolecular Hbond substituents is 1. The van der Waals surface area contributed by atoms with Crippen LogP contribution in [0.25, 0.3) is 0 Å². The molecule has 192 valence electrons. The number of hydrogen-bond acceptors (Lipinski definition) is 5. The maximum atomic E-state index is 11.6. The number of rotatable bonds is 7. The van der Waals surface area contributed by atoms with Gasteiger partial charge in [0.15, 0.2) is 0 Å². The molecule has 1 aliphatic rings. The second kappa shape index (κ2) is 11.1. The molecule has 0 radical (unpaired) electrons. The van der Waals surface area contributed by atoms with Gasteiger partial charge < -0.3 is 19.6 Å². The number of methoxy groups -OCH3 is 1. The Morgan fingerprint density at radius 2 is 1.23 bits per heavy atom. The summed E-state index contributed by atoms with van der Waals surface area (Å²) in [7, 11) is 1.41. The van der Waals surface area contributed by atoms with Gasteiger partial charge in [0.1, 0.15) is 5.75 Å².